The summed E-state index contributed by atoms with van der Waals surface area (Å²) in [7, 11) is 0. The zero-order valence-electron chi connectivity index (χ0n) is 25.8. The van der Waals surface area contributed by atoms with Crippen LogP contribution < -0.4 is 0 Å². The van der Waals surface area contributed by atoms with Crippen molar-refractivity contribution in [1.82, 2.24) is 0 Å². The van der Waals surface area contributed by atoms with Gasteiger partial charge in [-0.25, -0.2) is 0 Å². The van der Waals surface area contributed by atoms with Crippen LogP contribution in [0, 0.1) is 25.7 Å². The number of hydrogen-bond donors (Lipinski definition) is 4. The number of carbonyl (C=O) groups is 2. The van der Waals surface area contributed by atoms with E-state index in [1.165, 1.54) is 0 Å². The second-order valence-electron chi connectivity index (χ2n) is 13.0. The van der Waals surface area contributed by atoms with E-state index in [-0.39, 0.29) is 55.2 Å². The molecule has 0 aliphatic rings. The van der Waals surface area contributed by atoms with Crippen LogP contribution in [0.3, 0.4) is 0 Å². The van der Waals surface area contributed by atoms with Crippen LogP contribution in [0.4, 0.5) is 0 Å². The van der Waals surface area contributed by atoms with E-state index in [9.17, 15) is 30.0 Å². The van der Waals surface area contributed by atoms with Crippen molar-refractivity contribution < 1.29 is 39.5 Å². The molecule has 2 unspecified atom stereocenters. The molecular formula is C33H48O8. The average molecular weight is 573 g/mol. The van der Waals surface area contributed by atoms with Gasteiger partial charge < -0.3 is 29.9 Å². The average Bonchev–Trinajstić information content (AvgIpc) is 2.84. The zero-order valence-corrected chi connectivity index (χ0v) is 25.8. The first-order valence-corrected chi connectivity index (χ1v) is 14.2. The first kappa shape index (κ1) is 34.1. The monoisotopic (exact) mass is 572 g/mol. The van der Waals surface area contributed by atoms with Gasteiger partial charge in [-0.1, -0.05) is 53.7 Å². The van der Waals surface area contributed by atoms with Gasteiger partial charge in [-0.15, -0.1) is 0 Å². The molecule has 0 spiro atoms. The van der Waals surface area contributed by atoms with Crippen LogP contribution in [-0.2, 0) is 42.7 Å². The Morgan fingerprint density at radius 1 is 0.683 bits per heavy atom. The van der Waals surface area contributed by atoms with Crippen LogP contribution in [0.25, 0.3) is 0 Å². The van der Waals surface area contributed by atoms with Crippen LogP contribution in [0.2, 0.25) is 0 Å². The molecule has 8 nitrogen and oxygen atoms in total. The summed E-state index contributed by atoms with van der Waals surface area (Å²) in [6.07, 6.45) is 1.22. The summed E-state index contributed by atoms with van der Waals surface area (Å²) < 4.78 is 11.1. The molecule has 2 atom stereocenters. The Bertz CT molecular complexity index is 1110. The van der Waals surface area contributed by atoms with E-state index < -0.39 is 23.8 Å². The van der Waals surface area contributed by atoms with Crippen LogP contribution >= 0.6 is 0 Å². The van der Waals surface area contributed by atoms with E-state index in [2.05, 4.69) is 0 Å². The molecule has 0 aliphatic carbocycles. The Kier molecular flexibility index (Phi) is 11.8. The van der Waals surface area contributed by atoms with Crippen molar-refractivity contribution in [1.29, 1.82) is 0 Å². The van der Waals surface area contributed by atoms with Crippen molar-refractivity contribution in [3.8, 4) is 11.5 Å². The molecule has 4 N–H and O–H groups in total. The standard InChI is InChI=1S/C33H48O8/c1-20-26(34)11-9-22(28(20)32(3,4)5)17-24(30(36)37)13-15-40-19-41-16-14-25(31(38)39)18-23-10-12-27(35)21(2)29(23)33(6,7)8/h9-12,24-25,34-35H,13-19H2,1-8H3,(H,36,37)(H,38,39). The van der Waals surface area contributed by atoms with E-state index >= 15 is 0 Å². The Hall–Kier alpha value is -3.10. The molecule has 2 aromatic rings. The molecule has 0 fully saturated rings. The summed E-state index contributed by atoms with van der Waals surface area (Å²) in [5, 5.41) is 40.0. The molecule has 2 rings (SSSR count). The predicted molar refractivity (Wildman–Crippen MR) is 159 cm³/mol. The molecule has 41 heavy (non-hydrogen) atoms. The quantitative estimate of drug-likeness (QED) is 0.154. The number of carboxylic acids is 2. The van der Waals surface area contributed by atoms with Crippen LogP contribution in [0.15, 0.2) is 24.3 Å². The molecule has 8 heteroatoms. The second-order valence-corrected chi connectivity index (χ2v) is 13.0. The molecule has 228 valence electrons. The molecule has 0 aromatic heterocycles. The Labute approximate surface area is 244 Å². The highest BCUT2D eigenvalue weighted by atomic mass is 16.7. The first-order chi connectivity index (χ1) is 18.9. The van der Waals surface area contributed by atoms with Crippen molar-refractivity contribution in [2.75, 3.05) is 20.0 Å². The Morgan fingerprint density at radius 3 is 1.32 bits per heavy atom. The number of carboxylic acid groups (broad SMARTS) is 2. The lowest BCUT2D eigenvalue weighted by Gasteiger charge is -2.27. The minimum Gasteiger partial charge on any atom is -0.508 e. The number of benzene rings is 2. The molecule has 2 aromatic carbocycles. The topological polar surface area (TPSA) is 134 Å². The smallest absolute Gasteiger partial charge is 0.306 e. The largest absolute Gasteiger partial charge is 0.508 e. The highest BCUT2D eigenvalue weighted by Crippen LogP contribution is 2.36. The van der Waals surface area contributed by atoms with Crippen LogP contribution in [0.5, 0.6) is 11.5 Å². The maximum atomic E-state index is 12.0. The first-order valence-electron chi connectivity index (χ1n) is 14.2. The van der Waals surface area contributed by atoms with E-state index in [0.29, 0.717) is 12.8 Å². The van der Waals surface area contributed by atoms with Gasteiger partial charge in [0.05, 0.1) is 25.0 Å². The normalized spacial score (nSPS) is 13.7. The van der Waals surface area contributed by atoms with E-state index in [1.807, 2.05) is 55.4 Å². The second kappa shape index (κ2) is 14.2. The van der Waals surface area contributed by atoms with Gasteiger partial charge in [-0.2, -0.15) is 0 Å². The third-order valence-electron chi connectivity index (χ3n) is 7.56. The number of phenolic OH excluding ortho intramolecular Hbond substituents is 2. The fourth-order valence-electron chi connectivity index (χ4n) is 5.73. The van der Waals surface area contributed by atoms with Gasteiger partial charge in [-0.05, 0) is 95.9 Å². The molecule has 0 radical (unpaired) electrons. The van der Waals surface area contributed by atoms with Crippen molar-refractivity contribution in [3.05, 3.63) is 57.6 Å². The van der Waals surface area contributed by atoms with Crippen LogP contribution in [-0.4, -0.2) is 52.4 Å². The lowest BCUT2D eigenvalue weighted by Crippen LogP contribution is -2.23. The summed E-state index contributed by atoms with van der Waals surface area (Å²) in [4.78, 5) is 24.0. The Balaban J connectivity index is 1.90. The third kappa shape index (κ3) is 9.47. The van der Waals surface area contributed by atoms with Crippen molar-refractivity contribution in [2.24, 2.45) is 11.8 Å². The minimum absolute atomic E-state index is 0.0597. The lowest BCUT2D eigenvalue weighted by atomic mass is 9.78. The molecule has 0 aliphatic heterocycles. The highest BCUT2D eigenvalue weighted by Gasteiger charge is 2.27. The summed E-state index contributed by atoms with van der Waals surface area (Å²) in [6.45, 7) is 16.2. The van der Waals surface area contributed by atoms with Crippen molar-refractivity contribution in [3.63, 3.8) is 0 Å². The maximum absolute atomic E-state index is 12.0. The molecular weight excluding hydrogens is 524 g/mol. The molecule has 0 heterocycles. The van der Waals surface area contributed by atoms with Gasteiger partial charge in [-0.3, -0.25) is 9.59 Å². The van der Waals surface area contributed by atoms with Gasteiger partial charge in [0.25, 0.3) is 0 Å². The van der Waals surface area contributed by atoms with Gasteiger partial charge in [0, 0.05) is 0 Å². The summed E-state index contributed by atoms with van der Waals surface area (Å²) in [5.41, 5.74) is 4.72. The molecule has 0 amide bonds. The van der Waals surface area contributed by atoms with Crippen LogP contribution in [0.1, 0.15) is 87.8 Å². The fourth-order valence-corrected chi connectivity index (χ4v) is 5.73. The van der Waals surface area contributed by atoms with Gasteiger partial charge in [0.1, 0.15) is 18.3 Å². The van der Waals surface area contributed by atoms with Crippen molar-refractivity contribution in [2.45, 2.75) is 91.9 Å². The third-order valence-corrected chi connectivity index (χ3v) is 7.56. The SMILES string of the molecule is Cc1c(O)ccc(CC(CCOCOCCC(Cc2ccc(O)c(C)c2C(C)(C)C)C(=O)O)C(=O)O)c1C(C)(C)C. The summed E-state index contributed by atoms with van der Waals surface area (Å²) in [6, 6.07) is 6.82. The fraction of sp³-hybridized carbons (Fsp3) is 0.576. The zero-order chi connectivity index (χ0) is 31.1. The lowest BCUT2D eigenvalue weighted by molar-refractivity contribution is -0.143. The predicted octanol–water partition coefficient (Wildman–Crippen LogP) is 6.27. The number of ether oxygens (including phenoxy) is 2. The highest BCUT2D eigenvalue weighted by molar-refractivity contribution is 5.71. The number of aromatic hydroxyl groups is 2. The summed E-state index contributed by atoms with van der Waals surface area (Å²) in [5.74, 6) is -2.76. The summed E-state index contributed by atoms with van der Waals surface area (Å²) >= 11 is 0. The van der Waals surface area contributed by atoms with Gasteiger partial charge in [0.15, 0.2) is 0 Å². The van der Waals surface area contributed by atoms with E-state index in [0.717, 1.165) is 33.4 Å². The van der Waals surface area contributed by atoms with Gasteiger partial charge in [0.2, 0.25) is 0 Å². The molecule has 0 saturated carbocycles. The molecule has 0 bridgehead atoms. The van der Waals surface area contributed by atoms with Crippen molar-refractivity contribution >= 4 is 11.9 Å². The number of hydrogen-bond acceptors (Lipinski definition) is 6. The number of aliphatic carboxylic acids is 2. The number of phenols is 2. The Morgan fingerprint density at radius 2 is 1.02 bits per heavy atom. The number of rotatable bonds is 14. The van der Waals surface area contributed by atoms with E-state index in [4.69, 9.17) is 9.47 Å². The van der Waals surface area contributed by atoms with Gasteiger partial charge >= 0.3 is 11.9 Å². The molecule has 0 saturated heterocycles. The maximum Gasteiger partial charge on any atom is 0.306 e. The minimum atomic E-state index is -0.913. The van der Waals surface area contributed by atoms with E-state index in [1.54, 1.807) is 24.3 Å².